The Morgan fingerprint density at radius 3 is 1.96 bits per heavy atom. The third-order valence-electron chi connectivity index (χ3n) is 3.84. The lowest BCUT2D eigenvalue weighted by Crippen LogP contribution is -2.46. The highest BCUT2D eigenvalue weighted by Crippen LogP contribution is 2.22. The van der Waals surface area contributed by atoms with Gasteiger partial charge in [0.1, 0.15) is 35.3 Å². The molecule has 0 heterocycles. The molecule has 1 aromatic rings. The third kappa shape index (κ3) is 8.06. The first-order valence-electron chi connectivity index (χ1n) is 9.43. The van der Waals surface area contributed by atoms with Crippen LogP contribution < -0.4 is 14.8 Å². The molecule has 0 aliphatic rings. The van der Waals surface area contributed by atoms with E-state index in [1.165, 1.54) is 0 Å². The van der Waals surface area contributed by atoms with Gasteiger partial charge in [-0.2, -0.15) is 0 Å². The number of nitrogens with one attached hydrogen (secondary N) is 1. The largest absolute Gasteiger partial charge is 0.497 e. The van der Waals surface area contributed by atoms with Gasteiger partial charge in [-0.1, -0.05) is 13.8 Å². The Hall–Kier alpha value is -2.44. The van der Waals surface area contributed by atoms with Crippen molar-refractivity contribution in [1.82, 2.24) is 5.32 Å². The first-order valence-corrected chi connectivity index (χ1v) is 9.43. The molecule has 3 atom stereocenters. The van der Waals surface area contributed by atoms with Gasteiger partial charge >= 0.3 is 12.1 Å². The van der Waals surface area contributed by atoms with Crippen LogP contribution >= 0.6 is 0 Å². The number of rotatable bonds is 8. The Bertz CT molecular complexity index is 635. The Morgan fingerprint density at radius 2 is 1.50 bits per heavy atom. The molecule has 7 nitrogen and oxygen atoms in total. The van der Waals surface area contributed by atoms with E-state index in [0.717, 1.165) is 5.75 Å². The van der Waals surface area contributed by atoms with Crippen molar-refractivity contribution in [3.05, 3.63) is 24.3 Å². The summed E-state index contributed by atoms with van der Waals surface area (Å²) in [5.74, 6) is 0.851. The zero-order chi connectivity index (χ0) is 21.5. The molecule has 0 fully saturated rings. The SMILES string of the molecule is COc1ccc(O[C@@H](C)C(OC(=O)[C@H](C)NC(=O)OC(C)(C)C)C(C)C)cc1. The fraction of sp³-hybridized carbons (Fsp3) is 0.619. The van der Waals surface area contributed by atoms with Crippen LogP contribution in [0, 0.1) is 5.92 Å². The second-order valence-corrected chi connectivity index (χ2v) is 8.01. The topological polar surface area (TPSA) is 83.1 Å². The lowest BCUT2D eigenvalue weighted by Gasteiger charge is -2.29. The average Bonchev–Trinajstić information content (AvgIpc) is 2.57. The highest BCUT2D eigenvalue weighted by Gasteiger charge is 2.30. The van der Waals surface area contributed by atoms with E-state index in [0.29, 0.717) is 5.75 Å². The van der Waals surface area contributed by atoms with E-state index in [1.807, 2.05) is 20.8 Å². The van der Waals surface area contributed by atoms with Crippen molar-refractivity contribution in [3.63, 3.8) is 0 Å². The lowest BCUT2D eigenvalue weighted by atomic mass is 10.0. The summed E-state index contributed by atoms with van der Waals surface area (Å²) >= 11 is 0. The number of hydrogen-bond acceptors (Lipinski definition) is 6. The molecule has 0 aliphatic heterocycles. The maximum Gasteiger partial charge on any atom is 0.408 e. The number of ether oxygens (including phenoxy) is 4. The van der Waals surface area contributed by atoms with Crippen LogP contribution in [0.25, 0.3) is 0 Å². The minimum atomic E-state index is -0.843. The molecule has 1 N–H and O–H groups in total. The number of carbonyl (C=O) groups is 2. The molecule has 0 saturated carbocycles. The van der Waals surface area contributed by atoms with Crippen molar-refractivity contribution in [2.24, 2.45) is 5.92 Å². The zero-order valence-electron chi connectivity index (χ0n) is 18.1. The molecular weight excluding hydrogens is 362 g/mol. The van der Waals surface area contributed by atoms with Gasteiger partial charge in [0.05, 0.1) is 7.11 Å². The van der Waals surface area contributed by atoms with Crippen molar-refractivity contribution in [3.8, 4) is 11.5 Å². The Balaban J connectivity index is 2.68. The molecule has 0 aromatic heterocycles. The van der Waals surface area contributed by atoms with Gasteiger partial charge in [0, 0.05) is 0 Å². The molecule has 0 spiro atoms. The number of carbonyl (C=O) groups excluding carboxylic acids is 2. The smallest absolute Gasteiger partial charge is 0.408 e. The summed E-state index contributed by atoms with van der Waals surface area (Å²) in [6, 6.07) is 6.34. The van der Waals surface area contributed by atoms with Crippen LogP contribution in [0.15, 0.2) is 24.3 Å². The van der Waals surface area contributed by atoms with E-state index in [1.54, 1.807) is 59.1 Å². The van der Waals surface area contributed by atoms with Gasteiger partial charge in [-0.05, 0) is 64.8 Å². The van der Waals surface area contributed by atoms with Crippen LogP contribution in [-0.4, -0.2) is 43.0 Å². The van der Waals surface area contributed by atoms with E-state index in [4.69, 9.17) is 18.9 Å². The highest BCUT2D eigenvalue weighted by atomic mass is 16.6. The molecule has 0 saturated heterocycles. The molecule has 158 valence electrons. The Kier molecular flexibility index (Phi) is 8.60. The summed E-state index contributed by atoms with van der Waals surface area (Å²) in [6.45, 7) is 12.5. The molecule has 1 unspecified atom stereocenters. The van der Waals surface area contributed by atoms with Crippen molar-refractivity contribution in [1.29, 1.82) is 0 Å². The van der Waals surface area contributed by atoms with Gasteiger partial charge in [-0.15, -0.1) is 0 Å². The van der Waals surface area contributed by atoms with Gasteiger partial charge in [-0.25, -0.2) is 9.59 Å². The Morgan fingerprint density at radius 1 is 0.964 bits per heavy atom. The maximum absolute atomic E-state index is 12.4. The first-order chi connectivity index (χ1) is 12.9. The van der Waals surface area contributed by atoms with Crippen LogP contribution in [0.5, 0.6) is 11.5 Å². The second kappa shape index (κ2) is 10.2. The third-order valence-corrected chi connectivity index (χ3v) is 3.84. The molecule has 0 bridgehead atoms. The fourth-order valence-corrected chi connectivity index (χ4v) is 2.49. The van der Waals surface area contributed by atoms with E-state index >= 15 is 0 Å². The van der Waals surface area contributed by atoms with E-state index in [9.17, 15) is 9.59 Å². The van der Waals surface area contributed by atoms with Crippen molar-refractivity contribution < 1.29 is 28.5 Å². The number of amides is 1. The first kappa shape index (κ1) is 23.6. The number of alkyl carbamates (subject to hydrolysis) is 1. The molecule has 7 heteroatoms. The predicted octanol–water partition coefficient (Wildman–Crippen LogP) is 3.94. The van der Waals surface area contributed by atoms with Crippen LogP contribution in [0.2, 0.25) is 0 Å². The average molecular weight is 395 g/mol. The normalized spacial score (nSPS) is 14.6. The number of methoxy groups -OCH3 is 1. The lowest BCUT2D eigenvalue weighted by molar-refractivity contribution is -0.158. The summed E-state index contributed by atoms with van der Waals surface area (Å²) in [7, 11) is 1.60. The fourth-order valence-electron chi connectivity index (χ4n) is 2.49. The standard InChI is InChI=1S/C21H33NO6/c1-13(2)18(15(4)26-17-11-9-16(25-8)10-12-17)27-19(23)14(3)22-20(24)28-21(5,6)7/h9-15,18H,1-8H3,(H,22,24)/t14-,15-,18?/m0/s1. The van der Waals surface area contributed by atoms with Gasteiger partial charge < -0.3 is 24.3 Å². The van der Waals surface area contributed by atoms with Gasteiger partial charge in [0.25, 0.3) is 0 Å². The number of benzene rings is 1. The van der Waals surface area contributed by atoms with Crippen molar-refractivity contribution in [2.45, 2.75) is 72.3 Å². The molecule has 28 heavy (non-hydrogen) atoms. The van der Waals surface area contributed by atoms with E-state index < -0.39 is 29.8 Å². The minimum absolute atomic E-state index is 0.0194. The van der Waals surface area contributed by atoms with Gasteiger partial charge in [0.15, 0.2) is 0 Å². The second-order valence-electron chi connectivity index (χ2n) is 8.01. The molecular formula is C21H33NO6. The molecule has 1 amide bonds. The highest BCUT2D eigenvalue weighted by molar-refractivity contribution is 5.81. The molecule has 0 aliphatic carbocycles. The summed E-state index contributed by atoms with van der Waals surface area (Å²) in [4.78, 5) is 24.3. The molecule has 1 aromatic carbocycles. The summed E-state index contributed by atoms with van der Waals surface area (Å²) < 4.78 is 21.8. The van der Waals surface area contributed by atoms with Crippen LogP contribution in [0.1, 0.15) is 48.5 Å². The van der Waals surface area contributed by atoms with Crippen LogP contribution in [0.4, 0.5) is 4.79 Å². The van der Waals surface area contributed by atoms with E-state index in [-0.39, 0.29) is 12.0 Å². The molecule has 0 radical (unpaired) electrons. The van der Waals surface area contributed by atoms with Gasteiger partial charge in [0.2, 0.25) is 0 Å². The van der Waals surface area contributed by atoms with Crippen LogP contribution in [-0.2, 0) is 14.3 Å². The number of hydrogen-bond donors (Lipinski definition) is 1. The number of esters is 1. The summed E-state index contributed by atoms with van der Waals surface area (Å²) in [5.41, 5.74) is -0.644. The quantitative estimate of drug-likeness (QED) is 0.671. The van der Waals surface area contributed by atoms with Crippen LogP contribution in [0.3, 0.4) is 0 Å². The molecule has 1 rings (SSSR count). The minimum Gasteiger partial charge on any atom is -0.497 e. The maximum atomic E-state index is 12.4. The summed E-state index contributed by atoms with van der Waals surface area (Å²) in [6.07, 6.45) is -1.54. The zero-order valence-corrected chi connectivity index (χ0v) is 18.1. The summed E-state index contributed by atoms with van der Waals surface area (Å²) in [5, 5.41) is 2.49. The predicted molar refractivity (Wildman–Crippen MR) is 107 cm³/mol. The van der Waals surface area contributed by atoms with Crippen molar-refractivity contribution in [2.75, 3.05) is 7.11 Å². The van der Waals surface area contributed by atoms with Gasteiger partial charge in [-0.3, -0.25) is 0 Å². The monoisotopic (exact) mass is 395 g/mol. The van der Waals surface area contributed by atoms with Crippen molar-refractivity contribution >= 4 is 12.1 Å². The van der Waals surface area contributed by atoms with E-state index in [2.05, 4.69) is 5.32 Å². The Labute approximate surface area is 167 Å².